The molecule has 3 heteroatoms. The van der Waals surface area contributed by atoms with E-state index in [0.29, 0.717) is 44.5 Å². The number of nitrogens with zero attached hydrogens (tertiary/aromatic N) is 3. The van der Waals surface area contributed by atoms with Crippen molar-refractivity contribution in [2.45, 2.75) is 166 Å². The highest BCUT2D eigenvalue weighted by Gasteiger charge is 2.23. The van der Waals surface area contributed by atoms with Gasteiger partial charge in [-0.25, -0.2) is 13.7 Å². The van der Waals surface area contributed by atoms with Gasteiger partial charge in [0.1, 0.15) is 21.1 Å². The summed E-state index contributed by atoms with van der Waals surface area (Å²) in [5.74, 6) is -1.18. The third-order valence-electron chi connectivity index (χ3n) is 16.6. The van der Waals surface area contributed by atoms with Crippen molar-refractivity contribution in [1.29, 1.82) is 0 Å². The number of rotatable bonds is 9. The summed E-state index contributed by atoms with van der Waals surface area (Å²) in [6.45, 7) is 5.79. The van der Waals surface area contributed by atoms with Crippen LogP contribution in [-0.2, 0) is 27.5 Å². The maximum atomic E-state index is 8.93. The van der Waals surface area contributed by atoms with E-state index in [1.807, 2.05) is 189 Å². The molecule has 6 aromatic carbocycles. The summed E-state index contributed by atoms with van der Waals surface area (Å²) in [7, 11) is 5.48. The molecule has 2 saturated carbocycles. The van der Waals surface area contributed by atoms with Crippen LogP contribution in [-0.4, -0.2) is 0 Å². The molecule has 11 rings (SSSR count). The Morgan fingerprint density at radius 2 is 0.819 bits per heavy atom. The molecule has 0 spiro atoms. The Hall–Kier alpha value is -7.23. The Morgan fingerprint density at radius 1 is 0.386 bits per heavy atom. The second kappa shape index (κ2) is 25.7. The van der Waals surface area contributed by atoms with E-state index in [2.05, 4.69) is 6.07 Å². The van der Waals surface area contributed by atoms with E-state index < -0.39 is 57.8 Å². The Balaban J connectivity index is 0.000000178. The van der Waals surface area contributed by atoms with Crippen LogP contribution in [0.15, 0.2) is 152 Å². The van der Waals surface area contributed by atoms with Crippen molar-refractivity contribution < 1.29 is 39.7 Å². The molecule has 83 heavy (non-hydrogen) atoms. The molecule has 3 aromatic heterocycles. The number of benzene rings is 6. The first kappa shape index (κ1) is 40.1. The Labute approximate surface area is 527 Å². The summed E-state index contributed by atoms with van der Waals surface area (Å²) in [5, 5.41) is 0. The molecule has 3 heterocycles. The smallest absolute Gasteiger partial charge is 0.201 e. The van der Waals surface area contributed by atoms with E-state index in [1.165, 1.54) is 0 Å². The van der Waals surface area contributed by atoms with Gasteiger partial charge in [-0.15, -0.1) is 0 Å². The number of aromatic nitrogens is 3. The standard InChI is InChI=1S/2C27H32N.C26H32N/c1-18-14-27(28(5)17-21(18)4)26-16-25(19(2)13-20(26)3)24-12-8-11-23(15-24)22-9-6-7-10-22;1-18-15-27(28(5)17-21(18)4)26-16-25(19(2)14-20(26)3)24-12-10-23(11-13-24)22-8-6-7-9-22;1-18-12-13-21(23-11-9-8-10-22(23)16-26(4,5)6)15-24(18)25-14-19(2)20(3)17-27(25)7/h8,11-17,22H,6-7,9-10H2,1-5H3;10-17,22H,6-9H2,1-5H3;8-15,17H,16H2,1-7H3/q3*+1/i2*2D3,4D3,22D;3D3,16D2. The van der Waals surface area contributed by atoms with Gasteiger partial charge < -0.3 is 0 Å². The number of pyridine rings is 3. The topological polar surface area (TPSA) is 11.6 Å². The fourth-order valence-corrected chi connectivity index (χ4v) is 11.8. The molecule has 9 aromatic rings. The van der Waals surface area contributed by atoms with Gasteiger partial charge in [-0.1, -0.05) is 144 Å². The van der Waals surface area contributed by atoms with Crippen LogP contribution in [0.3, 0.4) is 0 Å². The molecular formula is C80H96N3+3. The fraction of sp³-hybridized carbons (Fsp3) is 0.362. The average molecular weight is 1120 g/mol. The van der Waals surface area contributed by atoms with Crippen LogP contribution in [0.4, 0.5) is 0 Å². The fourth-order valence-electron chi connectivity index (χ4n) is 11.8. The Morgan fingerprint density at radius 3 is 1.30 bits per heavy atom. The molecule has 3 nitrogen and oxygen atoms in total. The Kier molecular flexibility index (Phi) is 12.4. The molecule has 2 aliphatic carbocycles. The van der Waals surface area contributed by atoms with Gasteiger partial charge in [0.2, 0.25) is 17.1 Å². The molecule has 2 aliphatic rings. The lowest BCUT2D eigenvalue weighted by Gasteiger charge is -2.21. The monoisotopic (exact) mass is 1120 g/mol. The van der Waals surface area contributed by atoms with Gasteiger partial charge >= 0.3 is 0 Å². The maximum absolute atomic E-state index is 8.93. The molecule has 0 aliphatic heterocycles. The predicted octanol–water partition coefficient (Wildman–Crippen LogP) is 19.8. The van der Waals surface area contributed by atoms with Crippen LogP contribution in [0.5, 0.6) is 0 Å². The van der Waals surface area contributed by atoms with Crippen LogP contribution in [0.2, 0.25) is 0 Å². The van der Waals surface area contributed by atoms with Crippen molar-refractivity contribution in [3.8, 4) is 67.2 Å². The molecule has 0 saturated heterocycles. The second-order valence-electron chi connectivity index (χ2n) is 24.3. The number of hydrogen-bond acceptors (Lipinski definition) is 0. The number of aryl methyl sites for hydroxylation is 14. The van der Waals surface area contributed by atoms with Crippen molar-refractivity contribution in [2.75, 3.05) is 0 Å². The maximum Gasteiger partial charge on any atom is 0.212 e. The lowest BCUT2D eigenvalue weighted by atomic mass is 9.84. The van der Waals surface area contributed by atoms with Crippen molar-refractivity contribution in [3.63, 3.8) is 0 Å². The summed E-state index contributed by atoms with van der Waals surface area (Å²) in [5.41, 5.74) is 18.1. The Bertz CT molecular complexity index is 4590. The van der Waals surface area contributed by atoms with Crippen LogP contribution in [0, 0.1) is 81.2 Å². The van der Waals surface area contributed by atoms with E-state index >= 15 is 0 Å². The van der Waals surface area contributed by atoms with Gasteiger partial charge in [0.15, 0.2) is 18.6 Å². The third-order valence-corrected chi connectivity index (χ3v) is 16.6. The summed E-state index contributed by atoms with van der Waals surface area (Å²) >= 11 is 0. The minimum Gasteiger partial charge on any atom is -0.201 e. The van der Waals surface area contributed by atoms with Crippen LogP contribution in [0.1, 0.15) is 188 Å². The minimum atomic E-state index is -2.30. The molecule has 0 radical (unpaired) electrons. The summed E-state index contributed by atoms with van der Waals surface area (Å²) in [6.07, 6.45) is 11.0. The zero-order valence-corrected chi connectivity index (χ0v) is 50.9. The van der Waals surface area contributed by atoms with E-state index in [1.54, 1.807) is 53.7 Å². The average Bonchev–Trinajstić information content (AvgIpc) is 0.998. The summed E-state index contributed by atoms with van der Waals surface area (Å²) < 4.78 is 160. The minimum absolute atomic E-state index is 0.278. The zero-order chi connectivity index (χ0) is 75.6. The normalized spacial score (nSPS) is 18.7. The van der Waals surface area contributed by atoms with Gasteiger partial charge in [0, 0.05) is 77.6 Å². The van der Waals surface area contributed by atoms with Gasteiger partial charge in [-0.2, -0.15) is 0 Å². The first-order valence-corrected chi connectivity index (χ1v) is 29.3. The number of hydrogen-bond donors (Lipinski definition) is 0. The molecule has 0 amide bonds. The molecule has 2 fully saturated rings. The predicted molar refractivity (Wildman–Crippen MR) is 353 cm³/mol. The molecule has 0 unspecified atom stereocenters. The molecular weight excluding hydrogens is 1000 g/mol. The first-order valence-electron chi connectivity index (χ1n) is 38.8. The largest absolute Gasteiger partial charge is 0.212 e. The van der Waals surface area contributed by atoms with Gasteiger partial charge in [0.05, 0.1) is 0 Å². The van der Waals surface area contributed by atoms with Crippen LogP contribution >= 0.6 is 0 Å². The van der Waals surface area contributed by atoms with Crippen LogP contribution < -0.4 is 13.7 Å². The SMILES string of the molecule is [2H]C([2H])([2H])c1c[n+](C)c(-c2cc(-c3ccc(C4([2H])CCCC4)cc3)c(C([2H])([2H])[2H])cc2C)cc1C.[2H]C([2H])([2H])c1c[n+](C)c(-c2cc(-c3cccc(C4([2H])CCCC4)c3)c(C([2H])([2H])[2H])cc2C)cc1C.[2H]C([2H])([2H])c1c[n+](C)c(-c2cc(-c3ccccc3C([2H])([2H])C(C)(C)C)ccc2C)cc1C. The van der Waals surface area contributed by atoms with Gasteiger partial charge in [0.25, 0.3) is 0 Å². The lowest BCUT2D eigenvalue weighted by Crippen LogP contribution is -2.31. The van der Waals surface area contributed by atoms with Crippen molar-refractivity contribution in [1.82, 2.24) is 0 Å². The molecule has 0 bridgehead atoms. The van der Waals surface area contributed by atoms with Gasteiger partial charge in [-0.05, 0) is 238 Å². The van der Waals surface area contributed by atoms with Crippen molar-refractivity contribution in [2.24, 2.45) is 26.6 Å². The lowest BCUT2D eigenvalue weighted by molar-refractivity contribution is -0.660. The van der Waals surface area contributed by atoms with E-state index in [4.69, 9.17) is 26.0 Å². The third kappa shape index (κ3) is 14.1. The van der Waals surface area contributed by atoms with Crippen molar-refractivity contribution in [3.05, 3.63) is 230 Å². The highest BCUT2D eigenvalue weighted by atomic mass is 14.9. The van der Waals surface area contributed by atoms with E-state index in [-0.39, 0.29) is 11.1 Å². The quantitative estimate of drug-likeness (QED) is 0.128. The van der Waals surface area contributed by atoms with Crippen molar-refractivity contribution >= 4 is 0 Å². The second-order valence-corrected chi connectivity index (χ2v) is 24.3. The van der Waals surface area contributed by atoms with Crippen LogP contribution in [0.25, 0.3) is 67.2 Å². The first-order chi connectivity index (χ1) is 47.1. The van der Waals surface area contributed by atoms with E-state index in [0.717, 1.165) is 141 Å². The highest BCUT2D eigenvalue weighted by molar-refractivity contribution is 5.78. The van der Waals surface area contributed by atoms with E-state index in [9.17, 15) is 0 Å². The van der Waals surface area contributed by atoms with Gasteiger partial charge in [-0.3, -0.25) is 0 Å². The summed E-state index contributed by atoms with van der Waals surface area (Å²) in [6, 6.07) is 42.3. The highest BCUT2D eigenvalue weighted by Crippen LogP contribution is 2.40. The summed E-state index contributed by atoms with van der Waals surface area (Å²) in [4.78, 5) is 0. The molecule has 428 valence electrons. The zero-order valence-electron chi connectivity index (χ0n) is 69.9. The molecule has 0 atom stereocenters. The molecule has 0 N–H and O–H groups in total.